The predicted molar refractivity (Wildman–Crippen MR) is 61.0 cm³/mol. The largest absolute Gasteiger partial charge is 0.363 e. The summed E-state index contributed by atoms with van der Waals surface area (Å²) in [6.45, 7) is -1.15. The average molecular weight is 246 g/mol. The van der Waals surface area contributed by atoms with Crippen molar-refractivity contribution in [1.29, 1.82) is 0 Å². The fourth-order valence-corrected chi connectivity index (χ4v) is 3.65. The molecule has 0 bridgehead atoms. The van der Waals surface area contributed by atoms with Crippen LogP contribution in [0.2, 0.25) is 0 Å². The van der Waals surface area contributed by atoms with Crippen molar-refractivity contribution in [2.45, 2.75) is 19.1 Å². The number of nitrogens with zero attached hydrogens (tertiary/aromatic N) is 1. The molecule has 0 spiro atoms. The van der Waals surface area contributed by atoms with Crippen LogP contribution in [0, 0.1) is 0 Å². The third-order valence-corrected chi connectivity index (χ3v) is 5.34. The lowest BCUT2D eigenvalue weighted by Crippen LogP contribution is -2.22. The molecule has 1 aromatic carbocycles. The van der Waals surface area contributed by atoms with Gasteiger partial charge in [-0.1, -0.05) is 30.3 Å². The van der Waals surface area contributed by atoms with Gasteiger partial charge in [0, 0.05) is 6.04 Å². The van der Waals surface area contributed by atoms with Crippen LogP contribution in [0.3, 0.4) is 0 Å². The van der Waals surface area contributed by atoms with E-state index >= 15 is 0 Å². The molecule has 0 aliphatic carbocycles. The number of halogens is 1. The molecule has 0 N–H and O–H groups in total. The van der Waals surface area contributed by atoms with Gasteiger partial charge in [0.15, 0.2) is 0 Å². The molecule has 2 rings (SSSR count). The molecule has 1 aliphatic heterocycles. The van der Waals surface area contributed by atoms with Crippen LogP contribution in [0.25, 0.3) is 0 Å². The second-order valence-electron chi connectivity index (χ2n) is 3.70. The maximum absolute atomic E-state index is 11.8. The van der Waals surface area contributed by atoms with Crippen molar-refractivity contribution in [2.24, 2.45) is 0 Å². The summed E-state index contributed by atoms with van der Waals surface area (Å²) in [5.74, 6) is 0. The monoisotopic (exact) mass is 245 g/mol. The molecule has 0 saturated carbocycles. The van der Waals surface area contributed by atoms with E-state index in [9.17, 15) is 4.57 Å². The van der Waals surface area contributed by atoms with Crippen LogP contribution >= 0.6 is 18.1 Å². The molecule has 5 heteroatoms. The van der Waals surface area contributed by atoms with Crippen LogP contribution in [-0.4, -0.2) is 17.8 Å². The summed E-state index contributed by atoms with van der Waals surface area (Å²) in [7, 11) is 1.72. The zero-order valence-corrected chi connectivity index (χ0v) is 10.3. The van der Waals surface area contributed by atoms with Gasteiger partial charge in [-0.25, -0.2) is 4.67 Å². The molecule has 1 saturated heterocycles. The van der Waals surface area contributed by atoms with Gasteiger partial charge < -0.3 is 0 Å². The molecular formula is C10H13ClNO2P. The quantitative estimate of drug-likeness (QED) is 0.710. The van der Waals surface area contributed by atoms with Crippen LogP contribution in [0.1, 0.15) is 18.6 Å². The lowest BCUT2D eigenvalue weighted by molar-refractivity contribution is 0.213. The van der Waals surface area contributed by atoms with Gasteiger partial charge in [0.2, 0.25) is 0 Å². The van der Waals surface area contributed by atoms with E-state index < -0.39 is 6.87 Å². The minimum absolute atomic E-state index is 0.0238. The van der Waals surface area contributed by atoms with Gasteiger partial charge in [-0.2, -0.15) is 0 Å². The third kappa shape index (κ3) is 1.98. The SMILES string of the molecule is C[C@H]1[C@@H](c2ccccc2)O[P@@](=O)(Cl)N1C. The van der Waals surface area contributed by atoms with Crippen LogP contribution in [0.5, 0.6) is 0 Å². The molecule has 82 valence electrons. The Bertz CT molecular complexity index is 398. The number of hydrogen-bond donors (Lipinski definition) is 0. The highest BCUT2D eigenvalue weighted by molar-refractivity contribution is 7.83. The van der Waals surface area contributed by atoms with Crippen molar-refractivity contribution in [3.8, 4) is 0 Å². The summed E-state index contributed by atoms with van der Waals surface area (Å²) in [5, 5.41) is 0. The number of hydrogen-bond acceptors (Lipinski definition) is 2. The molecule has 1 heterocycles. The Kier molecular flexibility index (Phi) is 2.91. The third-order valence-electron chi connectivity index (χ3n) is 2.78. The molecule has 1 aliphatic rings. The Hall–Kier alpha value is -0.340. The van der Waals surface area contributed by atoms with Crippen molar-refractivity contribution in [2.75, 3.05) is 7.05 Å². The molecule has 0 unspecified atom stereocenters. The zero-order valence-electron chi connectivity index (χ0n) is 8.63. The average Bonchev–Trinajstić information content (AvgIpc) is 2.44. The van der Waals surface area contributed by atoms with E-state index in [1.807, 2.05) is 37.3 Å². The molecular weight excluding hydrogens is 233 g/mol. The van der Waals surface area contributed by atoms with Crippen LogP contribution in [0.4, 0.5) is 0 Å². The predicted octanol–water partition coefficient (Wildman–Crippen LogP) is 3.43. The van der Waals surface area contributed by atoms with E-state index in [0.29, 0.717) is 0 Å². The first-order valence-electron chi connectivity index (χ1n) is 4.79. The second kappa shape index (κ2) is 3.91. The first-order valence-corrected chi connectivity index (χ1v) is 7.27. The van der Waals surface area contributed by atoms with Gasteiger partial charge in [-0.05, 0) is 30.8 Å². The first-order chi connectivity index (χ1) is 7.02. The van der Waals surface area contributed by atoms with Crippen molar-refractivity contribution in [1.82, 2.24) is 4.67 Å². The molecule has 0 amide bonds. The van der Waals surface area contributed by atoms with E-state index in [-0.39, 0.29) is 12.1 Å². The van der Waals surface area contributed by atoms with Crippen molar-refractivity contribution >= 4 is 18.1 Å². The molecule has 1 fully saturated rings. The second-order valence-corrected chi connectivity index (χ2v) is 6.73. The maximum atomic E-state index is 11.8. The number of likely N-dealkylation sites (N-methyl/N-ethyl adjacent to an activating group) is 1. The van der Waals surface area contributed by atoms with Crippen LogP contribution in [-0.2, 0) is 9.09 Å². The van der Waals surface area contributed by atoms with Gasteiger partial charge in [-0.15, -0.1) is 0 Å². The van der Waals surface area contributed by atoms with Crippen molar-refractivity contribution in [3.05, 3.63) is 35.9 Å². The lowest BCUT2D eigenvalue weighted by atomic mass is 10.0. The van der Waals surface area contributed by atoms with Gasteiger partial charge in [0.1, 0.15) is 6.10 Å². The topological polar surface area (TPSA) is 29.5 Å². The Balaban J connectivity index is 2.31. The summed E-state index contributed by atoms with van der Waals surface area (Å²) in [5.41, 5.74) is 1.01. The van der Waals surface area contributed by atoms with E-state index in [1.165, 1.54) is 0 Å². The van der Waals surface area contributed by atoms with Gasteiger partial charge in [0.25, 0.3) is 0 Å². The van der Waals surface area contributed by atoms with E-state index in [2.05, 4.69) is 0 Å². The summed E-state index contributed by atoms with van der Waals surface area (Å²) < 4.78 is 18.8. The summed E-state index contributed by atoms with van der Waals surface area (Å²) in [4.78, 5) is 0. The van der Waals surface area contributed by atoms with Gasteiger partial charge in [0.05, 0.1) is 0 Å². The maximum Gasteiger partial charge on any atom is 0.363 e. The Morgan fingerprint density at radius 1 is 1.40 bits per heavy atom. The Morgan fingerprint density at radius 3 is 2.47 bits per heavy atom. The highest BCUT2D eigenvalue weighted by Crippen LogP contribution is 2.65. The lowest BCUT2D eigenvalue weighted by Gasteiger charge is -2.16. The Labute approximate surface area is 94.3 Å². The van der Waals surface area contributed by atoms with Gasteiger partial charge >= 0.3 is 6.87 Å². The standard InChI is InChI=1S/C10H13ClNO2P/c1-8-10(9-6-4-3-5-7-9)14-15(11,13)12(8)2/h3-8,10H,1-2H3/t8-,10-,15-/m0/s1. The molecule has 3 nitrogen and oxygen atoms in total. The van der Waals surface area contributed by atoms with E-state index in [4.69, 9.17) is 15.8 Å². The van der Waals surface area contributed by atoms with Gasteiger partial charge in [-0.3, -0.25) is 9.09 Å². The molecule has 0 radical (unpaired) electrons. The summed E-state index contributed by atoms with van der Waals surface area (Å²) >= 11 is 5.82. The minimum atomic E-state index is -3.11. The van der Waals surface area contributed by atoms with E-state index in [1.54, 1.807) is 11.7 Å². The minimum Gasteiger partial charge on any atom is -0.296 e. The van der Waals surface area contributed by atoms with Crippen molar-refractivity contribution < 1.29 is 9.09 Å². The van der Waals surface area contributed by atoms with Crippen LogP contribution in [0.15, 0.2) is 30.3 Å². The highest BCUT2D eigenvalue weighted by atomic mass is 35.7. The normalized spacial score (nSPS) is 37.0. The van der Waals surface area contributed by atoms with Crippen LogP contribution < -0.4 is 0 Å². The van der Waals surface area contributed by atoms with Crippen molar-refractivity contribution in [3.63, 3.8) is 0 Å². The number of benzene rings is 1. The molecule has 0 aromatic heterocycles. The summed E-state index contributed by atoms with van der Waals surface area (Å²) in [6.07, 6.45) is -0.209. The van der Waals surface area contributed by atoms with E-state index in [0.717, 1.165) is 5.56 Å². The molecule has 15 heavy (non-hydrogen) atoms. The number of rotatable bonds is 1. The zero-order chi connectivity index (χ0) is 11.1. The fourth-order valence-electron chi connectivity index (χ4n) is 1.70. The summed E-state index contributed by atoms with van der Waals surface area (Å²) in [6, 6.07) is 9.74. The smallest absolute Gasteiger partial charge is 0.296 e. The Morgan fingerprint density at radius 2 is 2.00 bits per heavy atom. The fraction of sp³-hybridized carbons (Fsp3) is 0.400. The first kappa shape index (κ1) is 11.2. The molecule has 3 atom stereocenters. The highest BCUT2D eigenvalue weighted by Gasteiger charge is 2.45. The molecule has 1 aromatic rings.